The van der Waals surface area contributed by atoms with E-state index in [0.717, 1.165) is 32.2 Å². The molecule has 3 N–H and O–H groups in total. The van der Waals surface area contributed by atoms with E-state index in [1.54, 1.807) is 6.08 Å². The lowest BCUT2D eigenvalue weighted by Gasteiger charge is -2.39. The first kappa shape index (κ1) is 26.1. The fourth-order valence-electron chi connectivity index (χ4n) is 3.78. The fraction of sp³-hybridized carbons (Fsp3) is 0.783. The van der Waals surface area contributed by atoms with Crippen LogP contribution in [-0.4, -0.2) is 58.5 Å². The van der Waals surface area contributed by atoms with Crippen LogP contribution in [0, 0.1) is 11.8 Å². The molecule has 1 fully saturated rings. The van der Waals surface area contributed by atoms with E-state index in [0.29, 0.717) is 6.04 Å². The van der Waals surface area contributed by atoms with Gasteiger partial charge in [-0.2, -0.15) is 0 Å². The van der Waals surface area contributed by atoms with E-state index in [1.165, 1.54) is 6.92 Å². The van der Waals surface area contributed by atoms with Crippen LogP contribution in [0.15, 0.2) is 11.6 Å². The molecule has 0 aliphatic carbocycles. The van der Waals surface area contributed by atoms with Gasteiger partial charge in [0.05, 0.1) is 12.1 Å². The quantitative estimate of drug-likeness (QED) is 0.469. The largest absolute Gasteiger partial charge is 0.478 e. The molecule has 7 nitrogen and oxygen atoms in total. The smallest absolute Gasteiger partial charge is 0.331 e. The Morgan fingerprint density at radius 2 is 1.70 bits per heavy atom. The predicted molar refractivity (Wildman–Crippen MR) is 119 cm³/mol. The zero-order valence-electron chi connectivity index (χ0n) is 19.7. The summed E-state index contributed by atoms with van der Waals surface area (Å²) in [6.45, 7) is 14.3. The third-order valence-corrected chi connectivity index (χ3v) is 6.04. The van der Waals surface area contributed by atoms with Crippen LogP contribution in [0.25, 0.3) is 0 Å². The molecule has 1 unspecified atom stereocenters. The van der Waals surface area contributed by atoms with Crippen LogP contribution >= 0.6 is 0 Å². The van der Waals surface area contributed by atoms with Crippen LogP contribution < -0.4 is 10.6 Å². The molecule has 0 aromatic rings. The van der Waals surface area contributed by atoms with Crippen molar-refractivity contribution in [1.29, 1.82) is 0 Å². The maximum absolute atomic E-state index is 13.1. The van der Waals surface area contributed by atoms with E-state index in [9.17, 15) is 14.4 Å². The van der Waals surface area contributed by atoms with E-state index in [1.807, 2.05) is 27.7 Å². The van der Waals surface area contributed by atoms with Crippen LogP contribution in [0.3, 0.4) is 0 Å². The number of amides is 2. The van der Waals surface area contributed by atoms with Gasteiger partial charge in [0.2, 0.25) is 11.8 Å². The van der Waals surface area contributed by atoms with Crippen molar-refractivity contribution in [3.63, 3.8) is 0 Å². The SMILES string of the molecule is CCC(C)N1CCCC[C@@H]1C(=O)N[C@H](C(=O)N[C@H](/C=C(\C)C(=O)O)C(C)C)C(C)C. The molecule has 4 atom stereocenters. The number of carbonyl (C=O) groups is 3. The number of carbonyl (C=O) groups excluding carboxylic acids is 2. The number of nitrogens with zero attached hydrogens (tertiary/aromatic N) is 1. The second-order valence-corrected chi connectivity index (χ2v) is 9.17. The van der Waals surface area contributed by atoms with Gasteiger partial charge < -0.3 is 15.7 Å². The molecular weight excluding hydrogens is 382 g/mol. The molecule has 1 aliphatic heterocycles. The maximum atomic E-state index is 13.1. The molecule has 172 valence electrons. The van der Waals surface area contributed by atoms with Gasteiger partial charge in [-0.3, -0.25) is 14.5 Å². The Morgan fingerprint density at radius 3 is 2.20 bits per heavy atom. The van der Waals surface area contributed by atoms with Crippen molar-refractivity contribution in [3.8, 4) is 0 Å². The summed E-state index contributed by atoms with van der Waals surface area (Å²) < 4.78 is 0. The highest BCUT2D eigenvalue weighted by atomic mass is 16.4. The summed E-state index contributed by atoms with van der Waals surface area (Å²) in [4.78, 5) is 39.6. The molecule has 0 aromatic carbocycles. The Kier molecular flexibility index (Phi) is 10.5. The first-order valence-corrected chi connectivity index (χ1v) is 11.3. The topological polar surface area (TPSA) is 98.7 Å². The number of carboxylic acids is 1. The Hall–Kier alpha value is -1.89. The van der Waals surface area contributed by atoms with Crippen LogP contribution in [0.4, 0.5) is 0 Å². The molecule has 2 amide bonds. The fourth-order valence-corrected chi connectivity index (χ4v) is 3.78. The van der Waals surface area contributed by atoms with Gasteiger partial charge in [0.1, 0.15) is 6.04 Å². The van der Waals surface area contributed by atoms with Crippen molar-refractivity contribution in [2.45, 2.75) is 98.3 Å². The van der Waals surface area contributed by atoms with E-state index in [4.69, 9.17) is 5.11 Å². The van der Waals surface area contributed by atoms with Crippen molar-refractivity contribution < 1.29 is 19.5 Å². The first-order valence-electron chi connectivity index (χ1n) is 11.3. The number of hydrogen-bond acceptors (Lipinski definition) is 4. The minimum Gasteiger partial charge on any atom is -0.478 e. The van der Waals surface area contributed by atoms with E-state index in [-0.39, 0.29) is 35.3 Å². The lowest BCUT2D eigenvalue weighted by Crippen LogP contribution is -2.58. The molecule has 1 heterocycles. The average molecular weight is 424 g/mol. The molecule has 0 saturated carbocycles. The summed E-state index contributed by atoms with van der Waals surface area (Å²) in [7, 11) is 0. The zero-order chi connectivity index (χ0) is 23.0. The highest BCUT2D eigenvalue weighted by Gasteiger charge is 2.34. The predicted octanol–water partition coefficient (Wildman–Crippen LogP) is 2.95. The molecule has 0 bridgehead atoms. The van der Waals surface area contributed by atoms with Crippen molar-refractivity contribution >= 4 is 17.8 Å². The maximum Gasteiger partial charge on any atom is 0.331 e. The Morgan fingerprint density at radius 1 is 1.07 bits per heavy atom. The van der Waals surface area contributed by atoms with Gasteiger partial charge in [-0.25, -0.2) is 4.79 Å². The van der Waals surface area contributed by atoms with Crippen LogP contribution in [0.5, 0.6) is 0 Å². The normalized spacial score (nSPS) is 21.2. The number of rotatable bonds is 10. The van der Waals surface area contributed by atoms with Crippen molar-refractivity contribution in [1.82, 2.24) is 15.5 Å². The van der Waals surface area contributed by atoms with E-state index >= 15 is 0 Å². The van der Waals surface area contributed by atoms with Gasteiger partial charge in [0, 0.05) is 11.6 Å². The summed E-state index contributed by atoms with van der Waals surface area (Å²) in [5.41, 5.74) is 0.186. The minimum atomic E-state index is -1.01. The highest BCUT2D eigenvalue weighted by Crippen LogP contribution is 2.21. The third-order valence-electron chi connectivity index (χ3n) is 6.04. The number of carboxylic acid groups (broad SMARTS) is 1. The van der Waals surface area contributed by atoms with E-state index < -0.39 is 18.1 Å². The third kappa shape index (κ3) is 7.42. The Labute approximate surface area is 181 Å². The summed E-state index contributed by atoms with van der Waals surface area (Å²) in [6.07, 6.45) is 5.45. The van der Waals surface area contributed by atoms with Gasteiger partial charge in [0.25, 0.3) is 0 Å². The molecular formula is C23H41N3O4. The number of hydrogen-bond donors (Lipinski definition) is 3. The molecule has 1 saturated heterocycles. The monoisotopic (exact) mass is 423 g/mol. The van der Waals surface area contributed by atoms with Gasteiger partial charge in [0.15, 0.2) is 0 Å². The number of nitrogens with one attached hydrogen (secondary N) is 2. The zero-order valence-corrected chi connectivity index (χ0v) is 19.7. The Bertz CT molecular complexity index is 630. The summed E-state index contributed by atoms with van der Waals surface area (Å²) in [5, 5.41) is 15.1. The molecule has 1 rings (SSSR count). The molecule has 0 spiro atoms. The van der Waals surface area contributed by atoms with Crippen molar-refractivity contribution in [2.75, 3.05) is 6.54 Å². The lowest BCUT2D eigenvalue weighted by atomic mass is 9.96. The number of aliphatic carboxylic acids is 1. The number of likely N-dealkylation sites (tertiary alicyclic amines) is 1. The standard InChI is InChI=1S/C23H41N3O4/c1-8-17(7)26-12-10-9-11-19(26)21(27)25-20(15(4)5)22(28)24-18(14(2)3)13-16(6)23(29)30/h13-15,17-20H,8-12H2,1-7H3,(H,24,28)(H,25,27)(H,29,30)/b16-13+/t17?,18-,19-,20+/m1/s1. The van der Waals surface area contributed by atoms with E-state index in [2.05, 4.69) is 29.4 Å². The highest BCUT2D eigenvalue weighted by molar-refractivity contribution is 5.90. The second kappa shape index (κ2) is 12.1. The number of piperidine rings is 1. The van der Waals surface area contributed by atoms with Crippen LogP contribution in [-0.2, 0) is 14.4 Å². The summed E-state index contributed by atoms with van der Waals surface area (Å²) in [6, 6.07) is -0.976. The van der Waals surface area contributed by atoms with Crippen molar-refractivity contribution in [2.24, 2.45) is 11.8 Å². The van der Waals surface area contributed by atoms with Gasteiger partial charge in [-0.05, 0) is 51.5 Å². The van der Waals surface area contributed by atoms with Crippen LogP contribution in [0.1, 0.15) is 74.1 Å². The Balaban J connectivity index is 2.94. The average Bonchev–Trinajstić information content (AvgIpc) is 2.69. The molecule has 7 heteroatoms. The molecule has 30 heavy (non-hydrogen) atoms. The summed E-state index contributed by atoms with van der Waals surface area (Å²) in [5.74, 6) is -1.46. The molecule has 1 aliphatic rings. The lowest BCUT2D eigenvalue weighted by molar-refractivity contribution is -0.134. The molecule has 0 aromatic heterocycles. The van der Waals surface area contributed by atoms with Gasteiger partial charge in [-0.15, -0.1) is 0 Å². The second-order valence-electron chi connectivity index (χ2n) is 9.17. The van der Waals surface area contributed by atoms with Gasteiger partial charge in [-0.1, -0.05) is 47.1 Å². The van der Waals surface area contributed by atoms with Crippen molar-refractivity contribution in [3.05, 3.63) is 11.6 Å². The minimum absolute atomic E-state index is 0.0194. The molecule has 0 radical (unpaired) electrons. The van der Waals surface area contributed by atoms with Crippen LogP contribution in [0.2, 0.25) is 0 Å². The van der Waals surface area contributed by atoms with Gasteiger partial charge >= 0.3 is 5.97 Å². The first-order chi connectivity index (χ1) is 14.0. The summed E-state index contributed by atoms with van der Waals surface area (Å²) >= 11 is 0.